The van der Waals surface area contributed by atoms with Crippen LogP contribution in [0.15, 0.2) is 5.16 Å². The van der Waals surface area contributed by atoms with Crippen LogP contribution in [0.3, 0.4) is 0 Å². The Morgan fingerprint density at radius 1 is 1.47 bits per heavy atom. The fraction of sp³-hybridized carbons (Fsp3) is 0.667. The second-order valence-corrected chi connectivity index (χ2v) is 2.84. The van der Waals surface area contributed by atoms with Crippen molar-refractivity contribution in [3.63, 3.8) is 0 Å². The minimum absolute atomic E-state index is 0.312. The fourth-order valence-corrected chi connectivity index (χ4v) is 0.676. The van der Waals surface area contributed by atoms with Crippen LogP contribution in [0.25, 0.3) is 0 Å². The molecule has 0 saturated carbocycles. The third kappa shape index (κ3) is 4.99. The summed E-state index contributed by atoms with van der Waals surface area (Å²) in [7, 11) is 1.42. The summed E-state index contributed by atoms with van der Waals surface area (Å²) in [5, 5.41) is 5.73. The van der Waals surface area contributed by atoms with Gasteiger partial charge in [-0.2, -0.15) is 0 Å². The molecule has 0 radical (unpaired) electrons. The molecule has 1 N–H and O–H groups in total. The predicted octanol–water partition coefficient (Wildman–Crippen LogP) is 0.917. The largest absolute Gasteiger partial charge is 0.465 e. The molecule has 1 atom stereocenters. The van der Waals surface area contributed by atoms with E-state index in [2.05, 4.69) is 15.3 Å². The van der Waals surface area contributed by atoms with Crippen LogP contribution in [0.2, 0.25) is 0 Å². The van der Waals surface area contributed by atoms with Gasteiger partial charge in [-0.05, 0) is 20.8 Å². The Bertz CT molecular complexity index is 263. The summed E-state index contributed by atoms with van der Waals surface area (Å²) in [4.78, 5) is 26.3. The molecule has 1 amide bonds. The molecule has 0 heterocycles. The fourth-order valence-electron chi connectivity index (χ4n) is 0.676. The third-order valence-electron chi connectivity index (χ3n) is 1.74. The quantitative estimate of drug-likeness (QED) is 0.328. The van der Waals surface area contributed by atoms with Gasteiger partial charge in [0, 0.05) is 7.05 Å². The molecular weight excluding hydrogens is 200 g/mol. The number of nitrogens with zero attached hydrogens (tertiary/aromatic N) is 1. The lowest BCUT2D eigenvalue weighted by atomic mass is 10.1. The number of amides is 1. The maximum Gasteiger partial charge on any atom is 0.433 e. The Kier molecular flexibility index (Phi) is 6.08. The average molecular weight is 216 g/mol. The standard InChI is InChI=1S/C9H16N2O4/c1-5-14-8(12)6(2)7(3)11-15-9(13)10-4/h6H,5H2,1-4H3,(H,10,13)/b11-7+. The lowest BCUT2D eigenvalue weighted by Crippen LogP contribution is -2.23. The molecule has 6 heteroatoms. The van der Waals surface area contributed by atoms with Gasteiger partial charge in [-0.15, -0.1) is 0 Å². The van der Waals surface area contributed by atoms with Gasteiger partial charge in [0.15, 0.2) is 0 Å². The molecule has 0 aliphatic rings. The van der Waals surface area contributed by atoms with Gasteiger partial charge in [-0.25, -0.2) is 4.79 Å². The van der Waals surface area contributed by atoms with Crippen LogP contribution in [-0.4, -0.2) is 31.4 Å². The smallest absolute Gasteiger partial charge is 0.433 e. The van der Waals surface area contributed by atoms with Crippen molar-refractivity contribution in [3.8, 4) is 0 Å². The van der Waals surface area contributed by atoms with Crippen LogP contribution in [0, 0.1) is 5.92 Å². The first kappa shape index (κ1) is 13.4. The highest BCUT2D eigenvalue weighted by atomic mass is 16.7. The van der Waals surface area contributed by atoms with Gasteiger partial charge in [0.25, 0.3) is 0 Å². The van der Waals surface area contributed by atoms with Gasteiger partial charge < -0.3 is 10.1 Å². The minimum Gasteiger partial charge on any atom is -0.465 e. The number of rotatable bonds is 4. The molecular formula is C9H16N2O4. The second kappa shape index (κ2) is 6.80. The molecule has 0 aromatic carbocycles. The zero-order valence-electron chi connectivity index (χ0n) is 9.36. The van der Waals surface area contributed by atoms with Crippen molar-refractivity contribution in [2.24, 2.45) is 11.1 Å². The molecule has 1 unspecified atom stereocenters. The number of ether oxygens (including phenoxy) is 1. The number of hydrogen-bond donors (Lipinski definition) is 1. The molecule has 15 heavy (non-hydrogen) atoms. The van der Waals surface area contributed by atoms with Gasteiger partial charge in [-0.3, -0.25) is 9.63 Å². The summed E-state index contributed by atoms with van der Waals surface area (Å²) in [5.74, 6) is -0.908. The molecule has 0 spiro atoms. The van der Waals surface area contributed by atoms with Crippen LogP contribution in [0.1, 0.15) is 20.8 Å². The third-order valence-corrected chi connectivity index (χ3v) is 1.74. The zero-order chi connectivity index (χ0) is 11.8. The van der Waals surface area contributed by atoms with Crippen LogP contribution in [0.5, 0.6) is 0 Å². The van der Waals surface area contributed by atoms with Gasteiger partial charge in [-0.1, -0.05) is 5.16 Å². The Hall–Kier alpha value is -1.59. The van der Waals surface area contributed by atoms with Gasteiger partial charge in [0.1, 0.15) is 0 Å². The van der Waals surface area contributed by atoms with Gasteiger partial charge in [0.05, 0.1) is 18.2 Å². The Balaban J connectivity index is 4.23. The number of esters is 1. The van der Waals surface area contributed by atoms with E-state index in [9.17, 15) is 9.59 Å². The van der Waals surface area contributed by atoms with E-state index >= 15 is 0 Å². The molecule has 86 valence electrons. The van der Waals surface area contributed by atoms with Crippen LogP contribution < -0.4 is 5.32 Å². The average Bonchev–Trinajstić information content (AvgIpc) is 2.24. The highest BCUT2D eigenvalue weighted by molar-refractivity contribution is 6.00. The van der Waals surface area contributed by atoms with E-state index in [0.29, 0.717) is 12.3 Å². The number of nitrogens with one attached hydrogen (secondary N) is 1. The molecule has 0 aromatic heterocycles. The Labute approximate surface area is 88.6 Å². The summed E-state index contributed by atoms with van der Waals surface area (Å²) >= 11 is 0. The van der Waals surface area contributed by atoms with E-state index in [1.807, 2.05) is 0 Å². The van der Waals surface area contributed by atoms with Crippen molar-refractivity contribution in [1.82, 2.24) is 5.32 Å². The predicted molar refractivity (Wildman–Crippen MR) is 54.4 cm³/mol. The van der Waals surface area contributed by atoms with Gasteiger partial charge >= 0.3 is 12.1 Å². The molecule has 0 fully saturated rings. The maximum atomic E-state index is 11.2. The lowest BCUT2D eigenvalue weighted by molar-refractivity contribution is -0.145. The van der Waals surface area contributed by atoms with Gasteiger partial charge in [0.2, 0.25) is 0 Å². The van der Waals surface area contributed by atoms with E-state index in [1.54, 1.807) is 20.8 Å². The zero-order valence-corrected chi connectivity index (χ0v) is 9.36. The molecule has 0 saturated heterocycles. The van der Waals surface area contributed by atoms with E-state index in [-0.39, 0.29) is 5.97 Å². The van der Waals surface area contributed by atoms with Crippen LogP contribution in [-0.2, 0) is 14.4 Å². The van der Waals surface area contributed by atoms with Crippen molar-refractivity contribution in [2.75, 3.05) is 13.7 Å². The summed E-state index contributed by atoms with van der Waals surface area (Å²) in [6.07, 6.45) is -0.676. The number of hydrogen-bond acceptors (Lipinski definition) is 5. The van der Waals surface area contributed by atoms with Crippen molar-refractivity contribution in [3.05, 3.63) is 0 Å². The Morgan fingerprint density at radius 3 is 2.53 bits per heavy atom. The molecule has 0 aliphatic heterocycles. The first-order valence-corrected chi connectivity index (χ1v) is 4.62. The van der Waals surface area contributed by atoms with E-state index in [1.165, 1.54) is 7.05 Å². The van der Waals surface area contributed by atoms with Crippen molar-refractivity contribution >= 4 is 17.8 Å². The molecule has 0 aromatic rings. The molecule has 6 nitrogen and oxygen atoms in total. The highest BCUT2D eigenvalue weighted by Crippen LogP contribution is 2.02. The molecule has 0 bridgehead atoms. The topological polar surface area (TPSA) is 77.0 Å². The lowest BCUT2D eigenvalue weighted by Gasteiger charge is -2.08. The number of carbonyl (C=O) groups is 2. The van der Waals surface area contributed by atoms with E-state index < -0.39 is 12.0 Å². The summed E-state index contributed by atoms with van der Waals surface area (Å²) < 4.78 is 4.78. The first-order chi connectivity index (χ1) is 7.02. The number of oxime groups is 1. The monoisotopic (exact) mass is 216 g/mol. The first-order valence-electron chi connectivity index (χ1n) is 4.62. The van der Waals surface area contributed by atoms with E-state index in [0.717, 1.165) is 0 Å². The van der Waals surface area contributed by atoms with Crippen molar-refractivity contribution < 1.29 is 19.2 Å². The summed E-state index contributed by atoms with van der Waals surface area (Å²) in [5.41, 5.74) is 0.386. The molecule has 0 rings (SSSR count). The maximum absolute atomic E-state index is 11.2. The second-order valence-electron chi connectivity index (χ2n) is 2.84. The van der Waals surface area contributed by atoms with Crippen LogP contribution in [0.4, 0.5) is 4.79 Å². The summed E-state index contributed by atoms with van der Waals surface area (Å²) in [6, 6.07) is 0. The van der Waals surface area contributed by atoms with Crippen molar-refractivity contribution in [2.45, 2.75) is 20.8 Å². The SMILES string of the molecule is CCOC(=O)C(C)/C(C)=N/OC(=O)NC. The summed E-state index contributed by atoms with van der Waals surface area (Å²) in [6.45, 7) is 5.25. The number of carbonyl (C=O) groups excluding carboxylic acids is 2. The Morgan fingerprint density at radius 2 is 2.07 bits per heavy atom. The minimum atomic E-state index is -0.676. The highest BCUT2D eigenvalue weighted by Gasteiger charge is 2.17. The van der Waals surface area contributed by atoms with E-state index in [4.69, 9.17) is 4.74 Å². The molecule has 0 aliphatic carbocycles. The normalized spacial score (nSPS) is 12.9. The van der Waals surface area contributed by atoms with Crippen molar-refractivity contribution in [1.29, 1.82) is 0 Å². The van der Waals surface area contributed by atoms with Crippen LogP contribution >= 0.6 is 0 Å².